The first-order chi connectivity index (χ1) is 6.60. The number of nitrogens with zero attached hydrogens (tertiary/aromatic N) is 1. The zero-order chi connectivity index (χ0) is 10.7. The maximum Gasteiger partial charge on any atom is 0.372 e. The molecule has 0 spiro atoms. The summed E-state index contributed by atoms with van der Waals surface area (Å²) < 4.78 is 0. The van der Waals surface area contributed by atoms with Gasteiger partial charge < -0.3 is 20.8 Å². The lowest BCUT2D eigenvalue weighted by Crippen LogP contribution is -2.21. The molecule has 7 heteroatoms. The fourth-order valence-corrected chi connectivity index (χ4v) is 0.908. The molecule has 7 nitrogen and oxygen atoms in total. The van der Waals surface area contributed by atoms with E-state index in [0.29, 0.717) is 0 Å². The van der Waals surface area contributed by atoms with E-state index >= 15 is 0 Å². The lowest BCUT2D eigenvalue weighted by Gasteiger charge is -2.03. The number of hydrogen-bond acceptors (Lipinski definition) is 5. The van der Waals surface area contributed by atoms with Gasteiger partial charge in [-0.3, -0.25) is 4.79 Å². The molecule has 0 unspecified atom stereocenters. The predicted molar refractivity (Wildman–Crippen MR) is 49.2 cm³/mol. The van der Waals surface area contributed by atoms with Crippen LogP contribution in [0, 0.1) is 5.41 Å². The second-order valence-electron chi connectivity index (χ2n) is 2.38. The van der Waals surface area contributed by atoms with E-state index in [1.807, 2.05) is 4.98 Å². The summed E-state index contributed by atoms with van der Waals surface area (Å²) in [7, 11) is 1.49. The molecule has 0 amide bonds. The SMILES string of the molecule is CNc1nc(C(=O)O)[nH]c(=O)c1C=N. The molecule has 0 aromatic carbocycles. The van der Waals surface area contributed by atoms with Crippen molar-refractivity contribution in [3.63, 3.8) is 0 Å². The molecule has 74 valence electrons. The number of nitrogens with one attached hydrogen (secondary N) is 3. The highest BCUT2D eigenvalue weighted by Gasteiger charge is 2.12. The molecule has 4 N–H and O–H groups in total. The Morgan fingerprint density at radius 3 is 2.79 bits per heavy atom. The van der Waals surface area contributed by atoms with Crippen LogP contribution in [0.3, 0.4) is 0 Å². The highest BCUT2D eigenvalue weighted by Crippen LogP contribution is 2.03. The van der Waals surface area contributed by atoms with Crippen LogP contribution in [-0.4, -0.2) is 34.3 Å². The Kier molecular flexibility index (Phi) is 2.61. The van der Waals surface area contributed by atoms with E-state index in [9.17, 15) is 9.59 Å². The van der Waals surface area contributed by atoms with Crippen LogP contribution in [0.5, 0.6) is 0 Å². The third-order valence-corrected chi connectivity index (χ3v) is 1.54. The van der Waals surface area contributed by atoms with Gasteiger partial charge in [-0.1, -0.05) is 0 Å². The summed E-state index contributed by atoms with van der Waals surface area (Å²) in [5.41, 5.74) is -0.658. The molecule has 0 saturated carbocycles. The van der Waals surface area contributed by atoms with Crippen LogP contribution in [0.2, 0.25) is 0 Å². The van der Waals surface area contributed by atoms with Gasteiger partial charge in [-0.25, -0.2) is 9.78 Å². The van der Waals surface area contributed by atoms with Gasteiger partial charge in [0.15, 0.2) is 0 Å². The fourth-order valence-electron chi connectivity index (χ4n) is 0.908. The smallest absolute Gasteiger partial charge is 0.372 e. The number of H-pyrrole nitrogens is 1. The molecule has 14 heavy (non-hydrogen) atoms. The van der Waals surface area contributed by atoms with E-state index in [2.05, 4.69) is 10.3 Å². The Morgan fingerprint density at radius 2 is 2.36 bits per heavy atom. The zero-order valence-electron chi connectivity index (χ0n) is 7.29. The van der Waals surface area contributed by atoms with Gasteiger partial charge >= 0.3 is 5.97 Å². The van der Waals surface area contributed by atoms with Crippen LogP contribution in [0.4, 0.5) is 5.82 Å². The summed E-state index contributed by atoms with van der Waals surface area (Å²) in [4.78, 5) is 27.4. The molecule has 0 radical (unpaired) electrons. The average Bonchev–Trinajstić information content (AvgIpc) is 2.16. The third-order valence-electron chi connectivity index (χ3n) is 1.54. The van der Waals surface area contributed by atoms with Crippen LogP contribution < -0.4 is 10.9 Å². The third kappa shape index (κ3) is 1.60. The van der Waals surface area contributed by atoms with Crippen LogP contribution in [-0.2, 0) is 0 Å². The van der Waals surface area contributed by atoms with E-state index in [-0.39, 0.29) is 11.4 Å². The summed E-state index contributed by atoms with van der Waals surface area (Å²) in [5, 5.41) is 18.0. The number of aromatic amines is 1. The molecule has 1 heterocycles. The number of carboxylic acids is 1. The monoisotopic (exact) mass is 196 g/mol. The summed E-state index contributed by atoms with van der Waals surface area (Å²) in [5.74, 6) is -1.71. The minimum Gasteiger partial charge on any atom is -0.475 e. The van der Waals surface area contributed by atoms with Gasteiger partial charge in [-0.05, 0) is 0 Å². The first kappa shape index (κ1) is 9.90. The van der Waals surface area contributed by atoms with E-state index < -0.39 is 17.4 Å². The Hall–Kier alpha value is -2.18. The highest BCUT2D eigenvalue weighted by atomic mass is 16.4. The molecule has 1 aromatic rings. The first-order valence-corrected chi connectivity index (χ1v) is 3.66. The predicted octanol–water partition coefficient (Wildman–Crippen LogP) is -0.493. The number of carboxylic acid groups (broad SMARTS) is 1. The molecule has 0 bridgehead atoms. The minimum absolute atomic E-state index is 0.00231. The molecule has 1 rings (SSSR count). The van der Waals surface area contributed by atoms with Crippen molar-refractivity contribution < 1.29 is 9.90 Å². The first-order valence-electron chi connectivity index (χ1n) is 3.66. The van der Waals surface area contributed by atoms with Crippen LogP contribution >= 0.6 is 0 Å². The summed E-state index contributed by atoms with van der Waals surface area (Å²) in [6.45, 7) is 0. The summed E-state index contributed by atoms with van der Waals surface area (Å²) in [6, 6.07) is 0. The van der Waals surface area contributed by atoms with Gasteiger partial charge in [0.25, 0.3) is 5.56 Å². The lowest BCUT2D eigenvalue weighted by molar-refractivity contribution is 0.0683. The van der Waals surface area contributed by atoms with Gasteiger partial charge in [0.2, 0.25) is 5.82 Å². The highest BCUT2D eigenvalue weighted by molar-refractivity contribution is 5.87. The van der Waals surface area contributed by atoms with Gasteiger partial charge in [-0.2, -0.15) is 0 Å². The van der Waals surface area contributed by atoms with Crippen molar-refractivity contribution in [3.8, 4) is 0 Å². The Labute approximate surface area is 78.3 Å². The van der Waals surface area contributed by atoms with Gasteiger partial charge in [-0.15, -0.1) is 0 Å². The number of aromatic nitrogens is 2. The summed E-state index contributed by atoms with van der Waals surface area (Å²) >= 11 is 0. The standard InChI is InChI=1S/C7H8N4O3/c1-9-4-3(2-8)6(12)11-5(10-4)7(13)14/h2,8H,1H3,(H,13,14)(H2,9,10,11,12). The topological polar surface area (TPSA) is 119 Å². The van der Waals surface area contributed by atoms with Gasteiger partial charge in [0.1, 0.15) is 5.82 Å². The molecule has 0 aliphatic heterocycles. The van der Waals surface area contributed by atoms with E-state index in [4.69, 9.17) is 10.5 Å². The van der Waals surface area contributed by atoms with E-state index in [1.165, 1.54) is 7.05 Å². The van der Waals surface area contributed by atoms with Gasteiger partial charge in [0.05, 0.1) is 5.56 Å². The van der Waals surface area contributed by atoms with Crippen LogP contribution in [0.1, 0.15) is 16.2 Å². The van der Waals surface area contributed by atoms with Crippen molar-refractivity contribution >= 4 is 18.0 Å². The Balaban J connectivity index is 3.46. The van der Waals surface area contributed by atoms with Crippen molar-refractivity contribution in [2.24, 2.45) is 0 Å². The van der Waals surface area contributed by atoms with E-state index in [1.54, 1.807) is 0 Å². The van der Waals surface area contributed by atoms with Crippen molar-refractivity contribution in [3.05, 3.63) is 21.7 Å². The maximum absolute atomic E-state index is 11.2. The minimum atomic E-state index is -1.32. The van der Waals surface area contributed by atoms with Crippen molar-refractivity contribution in [1.82, 2.24) is 9.97 Å². The molecular weight excluding hydrogens is 188 g/mol. The molecule has 0 saturated heterocycles. The molecule has 0 fully saturated rings. The second kappa shape index (κ2) is 3.69. The van der Waals surface area contributed by atoms with Crippen LogP contribution in [0.15, 0.2) is 4.79 Å². The fraction of sp³-hybridized carbons (Fsp3) is 0.143. The number of aromatic carboxylic acids is 1. The van der Waals surface area contributed by atoms with Gasteiger partial charge in [0, 0.05) is 13.3 Å². The maximum atomic E-state index is 11.2. The Morgan fingerprint density at radius 1 is 1.71 bits per heavy atom. The summed E-state index contributed by atoms with van der Waals surface area (Å²) in [6.07, 6.45) is 0.809. The Bertz CT molecular complexity index is 437. The van der Waals surface area contributed by atoms with Crippen LogP contribution in [0.25, 0.3) is 0 Å². The molecule has 1 aromatic heterocycles. The molecular formula is C7H8N4O3. The van der Waals surface area contributed by atoms with Crippen molar-refractivity contribution in [2.45, 2.75) is 0 Å². The number of anilines is 1. The zero-order valence-corrected chi connectivity index (χ0v) is 7.29. The number of hydrogen-bond donors (Lipinski definition) is 4. The second-order valence-corrected chi connectivity index (χ2v) is 2.38. The normalized spacial score (nSPS) is 9.50. The largest absolute Gasteiger partial charge is 0.475 e. The number of carbonyl (C=O) groups is 1. The van der Waals surface area contributed by atoms with E-state index in [0.717, 1.165) is 6.21 Å². The lowest BCUT2D eigenvalue weighted by atomic mass is 10.3. The molecule has 0 atom stereocenters. The molecule has 0 aliphatic carbocycles. The quantitative estimate of drug-likeness (QED) is 0.486. The average molecular weight is 196 g/mol. The van der Waals surface area contributed by atoms with Crippen molar-refractivity contribution in [1.29, 1.82) is 5.41 Å². The molecule has 0 aliphatic rings. The number of rotatable bonds is 3. The van der Waals surface area contributed by atoms with Crippen molar-refractivity contribution in [2.75, 3.05) is 12.4 Å².